The average Bonchev–Trinajstić information content (AvgIpc) is 2.41. The molecule has 0 aromatic heterocycles. The van der Waals surface area contributed by atoms with Crippen molar-refractivity contribution >= 4 is 33.2 Å². The van der Waals surface area contributed by atoms with Crippen molar-refractivity contribution in [2.75, 3.05) is 5.32 Å². The van der Waals surface area contributed by atoms with Gasteiger partial charge in [-0.25, -0.2) is 0 Å². The van der Waals surface area contributed by atoms with Gasteiger partial charge in [-0.3, -0.25) is 14.9 Å². The molecule has 0 spiro atoms. The molecule has 0 fully saturated rings. The van der Waals surface area contributed by atoms with Gasteiger partial charge in [0.2, 0.25) is 5.91 Å². The van der Waals surface area contributed by atoms with Crippen LogP contribution in [0.25, 0.3) is 0 Å². The normalized spacial score (nSPS) is 10.1. The second kappa shape index (κ2) is 6.29. The molecule has 0 saturated carbocycles. The predicted molar refractivity (Wildman–Crippen MR) is 79.6 cm³/mol. The fourth-order valence-electron chi connectivity index (χ4n) is 1.72. The van der Waals surface area contributed by atoms with Crippen LogP contribution in [-0.4, -0.2) is 10.8 Å². The lowest BCUT2D eigenvalue weighted by molar-refractivity contribution is -0.383. The SMILES string of the molecule is O=C(Cc1ccc(Br)cc1)Nc1ccccc1[N+](=O)[O-]. The third-order valence-corrected chi connectivity index (χ3v) is 3.18. The summed E-state index contributed by atoms with van der Waals surface area (Å²) in [5.74, 6) is -0.290. The molecule has 0 aliphatic heterocycles. The van der Waals surface area contributed by atoms with Crippen LogP contribution in [-0.2, 0) is 11.2 Å². The fraction of sp³-hybridized carbons (Fsp3) is 0.0714. The molecule has 0 atom stereocenters. The Bertz CT molecular complexity index is 641. The molecular formula is C14H11BrN2O3. The minimum Gasteiger partial charge on any atom is -0.320 e. The predicted octanol–water partition coefficient (Wildman–Crippen LogP) is 3.54. The Hall–Kier alpha value is -2.21. The first-order chi connectivity index (χ1) is 9.56. The Balaban J connectivity index is 2.08. The molecular weight excluding hydrogens is 324 g/mol. The highest BCUT2D eigenvalue weighted by molar-refractivity contribution is 9.10. The summed E-state index contributed by atoms with van der Waals surface area (Å²) in [6.07, 6.45) is 0.166. The first-order valence-electron chi connectivity index (χ1n) is 5.84. The second-order valence-corrected chi connectivity index (χ2v) is 5.04. The highest BCUT2D eigenvalue weighted by Gasteiger charge is 2.14. The summed E-state index contributed by atoms with van der Waals surface area (Å²) in [5, 5.41) is 13.4. The molecule has 0 unspecified atom stereocenters. The van der Waals surface area contributed by atoms with Crippen molar-refractivity contribution in [1.82, 2.24) is 0 Å². The Labute approximate surface area is 123 Å². The number of rotatable bonds is 4. The van der Waals surface area contributed by atoms with Crippen molar-refractivity contribution in [3.05, 3.63) is 68.7 Å². The van der Waals surface area contributed by atoms with E-state index < -0.39 is 4.92 Å². The smallest absolute Gasteiger partial charge is 0.292 e. The van der Waals surface area contributed by atoms with Gasteiger partial charge < -0.3 is 5.32 Å². The standard InChI is InChI=1S/C14H11BrN2O3/c15-11-7-5-10(6-8-11)9-14(18)16-12-3-1-2-4-13(12)17(19)20/h1-8H,9H2,(H,16,18). The summed E-state index contributed by atoms with van der Waals surface area (Å²) >= 11 is 3.32. The van der Waals surface area contributed by atoms with Crippen LogP contribution in [0, 0.1) is 10.1 Å². The van der Waals surface area contributed by atoms with Gasteiger partial charge in [-0.05, 0) is 23.8 Å². The van der Waals surface area contributed by atoms with Crippen LogP contribution in [0.4, 0.5) is 11.4 Å². The van der Waals surface area contributed by atoms with Crippen LogP contribution in [0.1, 0.15) is 5.56 Å². The number of benzene rings is 2. The lowest BCUT2D eigenvalue weighted by Crippen LogP contribution is -2.15. The van der Waals surface area contributed by atoms with Crippen LogP contribution in [0.15, 0.2) is 53.0 Å². The molecule has 2 aromatic carbocycles. The van der Waals surface area contributed by atoms with E-state index in [0.717, 1.165) is 10.0 Å². The number of carbonyl (C=O) groups is 1. The molecule has 0 saturated heterocycles. The number of para-hydroxylation sites is 2. The molecule has 5 nitrogen and oxygen atoms in total. The molecule has 6 heteroatoms. The van der Waals surface area contributed by atoms with Gasteiger partial charge in [-0.1, -0.05) is 40.2 Å². The van der Waals surface area contributed by atoms with E-state index in [1.165, 1.54) is 12.1 Å². The number of nitrogens with zero attached hydrogens (tertiary/aromatic N) is 1. The van der Waals surface area contributed by atoms with Crippen LogP contribution >= 0.6 is 15.9 Å². The number of hydrogen-bond donors (Lipinski definition) is 1. The summed E-state index contributed by atoms with van der Waals surface area (Å²) in [4.78, 5) is 22.2. The van der Waals surface area contributed by atoms with E-state index in [4.69, 9.17) is 0 Å². The van der Waals surface area contributed by atoms with Gasteiger partial charge in [0.1, 0.15) is 5.69 Å². The Morgan fingerprint density at radius 2 is 1.80 bits per heavy atom. The molecule has 20 heavy (non-hydrogen) atoms. The molecule has 0 aliphatic rings. The van der Waals surface area contributed by atoms with E-state index in [2.05, 4.69) is 21.2 Å². The zero-order valence-corrected chi connectivity index (χ0v) is 12.0. The molecule has 0 heterocycles. The van der Waals surface area contributed by atoms with Crippen LogP contribution in [0.3, 0.4) is 0 Å². The molecule has 0 bridgehead atoms. The molecule has 102 valence electrons. The molecule has 0 aliphatic carbocycles. The lowest BCUT2D eigenvalue weighted by Gasteiger charge is -2.06. The fourth-order valence-corrected chi connectivity index (χ4v) is 1.98. The molecule has 1 N–H and O–H groups in total. The maximum atomic E-state index is 11.9. The number of nitro benzene ring substituents is 1. The molecule has 1 amide bonds. The van der Waals surface area contributed by atoms with E-state index in [-0.39, 0.29) is 23.7 Å². The monoisotopic (exact) mass is 334 g/mol. The van der Waals surface area contributed by atoms with Crippen molar-refractivity contribution in [2.24, 2.45) is 0 Å². The first kappa shape index (κ1) is 14.2. The van der Waals surface area contributed by atoms with Crippen molar-refractivity contribution in [2.45, 2.75) is 6.42 Å². The summed E-state index contributed by atoms with van der Waals surface area (Å²) < 4.78 is 0.931. The summed E-state index contributed by atoms with van der Waals surface area (Å²) in [5.41, 5.74) is 0.931. The van der Waals surface area contributed by atoms with Crippen molar-refractivity contribution in [1.29, 1.82) is 0 Å². The molecule has 0 radical (unpaired) electrons. The van der Waals surface area contributed by atoms with Crippen molar-refractivity contribution in [3.8, 4) is 0 Å². The Kier molecular flexibility index (Phi) is 4.47. The van der Waals surface area contributed by atoms with Crippen molar-refractivity contribution in [3.63, 3.8) is 0 Å². The highest BCUT2D eigenvalue weighted by Crippen LogP contribution is 2.23. The van der Waals surface area contributed by atoms with Gasteiger partial charge >= 0.3 is 0 Å². The summed E-state index contributed by atoms with van der Waals surface area (Å²) in [7, 11) is 0. The summed E-state index contributed by atoms with van der Waals surface area (Å²) in [6, 6.07) is 13.4. The van der Waals surface area contributed by atoms with Gasteiger partial charge in [0.05, 0.1) is 11.3 Å². The van der Waals surface area contributed by atoms with Gasteiger partial charge in [0.15, 0.2) is 0 Å². The van der Waals surface area contributed by atoms with Gasteiger partial charge in [0, 0.05) is 10.5 Å². The highest BCUT2D eigenvalue weighted by atomic mass is 79.9. The number of carbonyl (C=O) groups excluding carboxylic acids is 1. The Morgan fingerprint density at radius 3 is 2.45 bits per heavy atom. The largest absolute Gasteiger partial charge is 0.320 e. The van der Waals surface area contributed by atoms with E-state index >= 15 is 0 Å². The van der Waals surface area contributed by atoms with Gasteiger partial charge in [-0.2, -0.15) is 0 Å². The topological polar surface area (TPSA) is 72.2 Å². The maximum absolute atomic E-state index is 11.9. The third kappa shape index (κ3) is 3.64. The molecule has 2 aromatic rings. The third-order valence-electron chi connectivity index (χ3n) is 2.65. The first-order valence-corrected chi connectivity index (χ1v) is 6.63. The van der Waals surface area contributed by atoms with E-state index in [9.17, 15) is 14.9 Å². The van der Waals surface area contributed by atoms with Crippen molar-refractivity contribution < 1.29 is 9.72 Å². The average molecular weight is 335 g/mol. The maximum Gasteiger partial charge on any atom is 0.292 e. The molecule has 2 rings (SSSR count). The Morgan fingerprint density at radius 1 is 1.15 bits per heavy atom. The number of amides is 1. The van der Waals surface area contributed by atoms with E-state index in [1.807, 2.05) is 24.3 Å². The minimum absolute atomic E-state index is 0.114. The zero-order valence-electron chi connectivity index (χ0n) is 10.4. The number of hydrogen-bond acceptors (Lipinski definition) is 3. The number of halogens is 1. The van der Waals surface area contributed by atoms with Crippen LogP contribution in [0.5, 0.6) is 0 Å². The lowest BCUT2D eigenvalue weighted by atomic mass is 10.1. The van der Waals surface area contributed by atoms with Crippen LogP contribution in [0.2, 0.25) is 0 Å². The van der Waals surface area contributed by atoms with Gasteiger partial charge in [0.25, 0.3) is 5.69 Å². The number of anilines is 1. The zero-order chi connectivity index (χ0) is 14.5. The quantitative estimate of drug-likeness (QED) is 0.686. The summed E-state index contributed by atoms with van der Waals surface area (Å²) in [6.45, 7) is 0. The van der Waals surface area contributed by atoms with Gasteiger partial charge in [-0.15, -0.1) is 0 Å². The van der Waals surface area contributed by atoms with E-state index in [1.54, 1.807) is 12.1 Å². The number of nitrogens with one attached hydrogen (secondary N) is 1. The van der Waals surface area contributed by atoms with Crippen LogP contribution < -0.4 is 5.32 Å². The second-order valence-electron chi connectivity index (χ2n) is 4.13. The number of nitro groups is 1. The minimum atomic E-state index is -0.519. The van der Waals surface area contributed by atoms with E-state index in [0.29, 0.717) is 0 Å².